The maximum Gasteiger partial charge on any atom is 0.216 e. The molecule has 4 rings (SSSR count). The van der Waals surface area contributed by atoms with Gasteiger partial charge in [-0.25, -0.2) is 9.97 Å². The maximum atomic E-state index is 10.9. The molecule has 0 radical (unpaired) electrons. The quantitative estimate of drug-likeness (QED) is 0.0733. The number of hydrogen-bond donors (Lipinski definition) is 4. The van der Waals surface area contributed by atoms with Gasteiger partial charge < -0.3 is 22.5 Å². The predicted octanol–water partition coefficient (Wildman–Crippen LogP) is 9.89. The lowest BCUT2D eigenvalue weighted by atomic mass is 9.99. The highest BCUT2D eigenvalue weighted by atomic mass is 16.1. The van der Waals surface area contributed by atoms with Crippen molar-refractivity contribution in [1.29, 1.82) is 0 Å². The second kappa shape index (κ2) is 24.4. The van der Waals surface area contributed by atoms with Crippen LogP contribution in [0.15, 0.2) is 48.5 Å². The van der Waals surface area contributed by atoms with Crippen molar-refractivity contribution in [3.63, 3.8) is 0 Å². The number of unbranched alkanes of at least 4 members (excludes halogenated alkanes) is 8. The van der Waals surface area contributed by atoms with Crippen LogP contribution in [-0.2, 0) is 30.5 Å². The van der Waals surface area contributed by atoms with Crippen molar-refractivity contribution in [2.24, 2.45) is 5.73 Å². The largest absolute Gasteiger partial charge is 0.383 e. The van der Waals surface area contributed by atoms with E-state index in [4.69, 9.17) is 17.2 Å². The van der Waals surface area contributed by atoms with Crippen molar-refractivity contribution in [2.75, 3.05) is 24.6 Å². The number of hydrogen-bond acceptors (Lipinski definition) is 6. The number of amides is 1. The summed E-state index contributed by atoms with van der Waals surface area (Å²) in [6.45, 7) is 7.56. The zero-order chi connectivity index (χ0) is 33.9. The highest BCUT2D eigenvalue weighted by Gasteiger charge is 2.09. The number of carbonyl (C=O) groups excluding carboxylic acids is 1. The van der Waals surface area contributed by atoms with Crippen LogP contribution in [-0.4, -0.2) is 29.0 Å². The van der Waals surface area contributed by atoms with Crippen molar-refractivity contribution >= 4 is 39.3 Å². The number of nitrogens with two attached hydrogens (primary N) is 3. The maximum absolute atomic E-state index is 10.9. The van der Waals surface area contributed by atoms with Gasteiger partial charge in [0.2, 0.25) is 5.91 Å². The van der Waals surface area contributed by atoms with Crippen LogP contribution in [0.2, 0.25) is 0 Å². The van der Waals surface area contributed by atoms with E-state index in [2.05, 4.69) is 71.6 Å². The number of nitrogens with zero attached hydrogens (tertiary/aromatic N) is 2. The Morgan fingerprint density at radius 1 is 0.612 bits per heavy atom. The molecule has 2 heterocycles. The SMILES string of the molecule is C.C.CCCCCc1cc2c(CCCCCN)cccc2nc1N.CCCCCc1cc2c(CCCCCNC(C)=O)cccc2nc1N. The number of carbonyl (C=O) groups is 1. The van der Waals surface area contributed by atoms with Crippen molar-refractivity contribution in [1.82, 2.24) is 15.3 Å². The molecule has 1 amide bonds. The highest BCUT2D eigenvalue weighted by Crippen LogP contribution is 2.26. The minimum absolute atomic E-state index is 0. The van der Waals surface area contributed by atoms with Crippen LogP contribution in [0.3, 0.4) is 0 Å². The molecule has 2 aromatic heterocycles. The van der Waals surface area contributed by atoms with Gasteiger partial charge in [0, 0.05) is 24.2 Å². The molecular weight excluding hydrogens is 605 g/mol. The number of nitrogen functional groups attached to an aromatic ring is 2. The van der Waals surface area contributed by atoms with Crippen LogP contribution in [0, 0.1) is 0 Å². The van der Waals surface area contributed by atoms with Gasteiger partial charge in [-0.3, -0.25) is 4.79 Å². The smallest absolute Gasteiger partial charge is 0.216 e. The summed E-state index contributed by atoms with van der Waals surface area (Å²) in [4.78, 5) is 20.1. The first-order valence-electron chi connectivity index (χ1n) is 18.2. The summed E-state index contributed by atoms with van der Waals surface area (Å²) in [5, 5.41) is 5.36. The zero-order valence-electron chi connectivity index (χ0n) is 29.4. The Hall–Kier alpha value is -3.71. The van der Waals surface area contributed by atoms with Gasteiger partial charge >= 0.3 is 0 Å². The predicted molar refractivity (Wildman–Crippen MR) is 215 cm³/mol. The lowest BCUT2D eigenvalue weighted by molar-refractivity contribution is -0.118. The number of fused-ring (bicyclic) bond motifs is 2. The van der Waals surface area contributed by atoms with E-state index in [0.29, 0.717) is 11.6 Å². The molecule has 0 spiro atoms. The van der Waals surface area contributed by atoms with Gasteiger partial charge in [0.05, 0.1) is 11.0 Å². The minimum Gasteiger partial charge on any atom is -0.383 e. The van der Waals surface area contributed by atoms with Gasteiger partial charge in [0.15, 0.2) is 0 Å². The molecule has 2 aromatic carbocycles. The topological polar surface area (TPSA) is 133 Å². The lowest BCUT2D eigenvalue weighted by Gasteiger charge is -2.11. The van der Waals surface area contributed by atoms with Crippen molar-refractivity contribution < 1.29 is 4.79 Å². The minimum atomic E-state index is 0. The summed E-state index contributed by atoms with van der Waals surface area (Å²) >= 11 is 0. The van der Waals surface area contributed by atoms with Gasteiger partial charge in [0.25, 0.3) is 0 Å². The third kappa shape index (κ3) is 14.7. The van der Waals surface area contributed by atoms with E-state index >= 15 is 0 Å². The molecule has 0 aliphatic heterocycles. The molecule has 0 bridgehead atoms. The monoisotopic (exact) mass is 673 g/mol. The van der Waals surface area contributed by atoms with Crippen molar-refractivity contribution in [2.45, 2.75) is 138 Å². The first kappa shape index (κ1) is 43.3. The number of benzene rings is 2. The summed E-state index contributed by atoms with van der Waals surface area (Å²) < 4.78 is 0. The molecule has 0 unspecified atom stereocenters. The normalized spacial score (nSPS) is 10.6. The third-order valence-electron chi connectivity index (χ3n) is 8.87. The second-order valence-electron chi connectivity index (χ2n) is 12.8. The molecule has 0 fully saturated rings. The summed E-state index contributed by atoms with van der Waals surface area (Å²) in [5.74, 6) is 1.42. The average molecular weight is 673 g/mol. The van der Waals surface area contributed by atoms with Gasteiger partial charge in [-0.1, -0.05) is 91.5 Å². The fourth-order valence-electron chi connectivity index (χ4n) is 6.11. The highest BCUT2D eigenvalue weighted by molar-refractivity contribution is 5.85. The molecule has 7 N–H and O–H groups in total. The Kier molecular flexibility index (Phi) is 21.6. The van der Waals surface area contributed by atoms with Crippen molar-refractivity contribution in [3.8, 4) is 0 Å². The molecule has 272 valence electrons. The molecule has 4 aromatic rings. The van der Waals surface area contributed by atoms with E-state index < -0.39 is 0 Å². The number of anilines is 2. The molecule has 49 heavy (non-hydrogen) atoms. The molecular formula is C42H68N6O. The van der Waals surface area contributed by atoms with Crippen LogP contribution in [0.25, 0.3) is 21.8 Å². The van der Waals surface area contributed by atoms with Gasteiger partial charge in [0.1, 0.15) is 11.6 Å². The van der Waals surface area contributed by atoms with Gasteiger partial charge in [-0.05, 0) is 117 Å². The van der Waals surface area contributed by atoms with Crippen LogP contribution < -0.4 is 22.5 Å². The number of nitrogens with one attached hydrogen (secondary N) is 1. The average Bonchev–Trinajstić information content (AvgIpc) is 3.05. The molecule has 0 aliphatic carbocycles. The standard InChI is InChI=1S/C21H31N3O.C19H29N3.2CH4/c1-3-4-6-11-18-15-19-17(10-7-5-8-14-23-16(2)25)12-9-13-20(19)24-21(18)22;1-2-3-5-10-16-14-17-15(9-6-4-7-13-20)11-8-12-18(17)22-19(16)21;;/h9,12-13,15H,3-8,10-11,14H2,1-2H3,(H2,22,24)(H,23,25);8,11-12,14H,2-7,9-10,13,20H2,1H3,(H2,21,22);2*1H4. The van der Waals surface area contributed by atoms with E-state index in [9.17, 15) is 4.79 Å². The summed E-state index contributed by atoms with van der Waals surface area (Å²) in [7, 11) is 0. The molecule has 0 aliphatic rings. The Bertz CT molecular complexity index is 1520. The van der Waals surface area contributed by atoms with E-state index in [1.165, 1.54) is 84.4 Å². The summed E-state index contributed by atoms with van der Waals surface area (Å²) in [5.41, 5.74) is 25.0. The van der Waals surface area contributed by atoms with Crippen LogP contribution in [0.5, 0.6) is 0 Å². The van der Waals surface area contributed by atoms with Crippen LogP contribution >= 0.6 is 0 Å². The molecule has 0 saturated heterocycles. The Balaban J connectivity index is 0.000000474. The first-order valence-corrected chi connectivity index (χ1v) is 18.2. The third-order valence-corrected chi connectivity index (χ3v) is 8.87. The fraction of sp³-hybridized carbons (Fsp3) is 0.548. The van der Waals surface area contributed by atoms with E-state index in [0.717, 1.165) is 75.5 Å². The Morgan fingerprint density at radius 3 is 1.47 bits per heavy atom. The zero-order valence-corrected chi connectivity index (χ0v) is 29.4. The Morgan fingerprint density at radius 2 is 1.04 bits per heavy atom. The van der Waals surface area contributed by atoms with E-state index in [-0.39, 0.29) is 20.8 Å². The van der Waals surface area contributed by atoms with Gasteiger partial charge in [-0.15, -0.1) is 0 Å². The van der Waals surface area contributed by atoms with Gasteiger partial charge in [-0.2, -0.15) is 0 Å². The summed E-state index contributed by atoms with van der Waals surface area (Å²) in [6, 6.07) is 17.2. The Labute approximate surface area is 298 Å². The number of aromatic nitrogens is 2. The first-order chi connectivity index (χ1) is 22.9. The molecule has 7 nitrogen and oxygen atoms in total. The second-order valence-corrected chi connectivity index (χ2v) is 12.8. The van der Waals surface area contributed by atoms with Crippen LogP contribution in [0.4, 0.5) is 11.6 Å². The lowest BCUT2D eigenvalue weighted by Crippen LogP contribution is -2.20. The molecule has 0 saturated carbocycles. The number of pyridine rings is 2. The fourth-order valence-corrected chi connectivity index (χ4v) is 6.11. The van der Waals surface area contributed by atoms with Crippen LogP contribution in [0.1, 0.15) is 135 Å². The molecule has 0 atom stereocenters. The number of aryl methyl sites for hydroxylation is 4. The van der Waals surface area contributed by atoms with E-state index in [1.54, 1.807) is 6.92 Å². The molecule has 7 heteroatoms. The summed E-state index contributed by atoms with van der Waals surface area (Å²) in [6.07, 6.45) is 18.2. The van der Waals surface area contributed by atoms with Crippen molar-refractivity contribution in [3.05, 3.63) is 70.8 Å². The van der Waals surface area contributed by atoms with E-state index in [1.807, 2.05) is 6.07 Å². The number of rotatable bonds is 19.